The number of hydrogen-bond donors (Lipinski definition) is 1. The molecule has 0 aromatic heterocycles. The van der Waals surface area contributed by atoms with Crippen LogP contribution in [0.15, 0.2) is 52.3 Å². The maximum Gasteiger partial charge on any atom is 0.244 e. The molecular weight excluding hydrogens is 452 g/mol. The summed E-state index contributed by atoms with van der Waals surface area (Å²) in [5.41, 5.74) is 1.74. The minimum atomic E-state index is -3.76. The van der Waals surface area contributed by atoms with Crippen molar-refractivity contribution in [3.05, 3.63) is 53.6 Å². The van der Waals surface area contributed by atoms with E-state index in [1.807, 2.05) is 19.9 Å². The summed E-state index contributed by atoms with van der Waals surface area (Å²) < 4.78 is 65.6. The van der Waals surface area contributed by atoms with E-state index >= 15 is 0 Å². The lowest BCUT2D eigenvalue weighted by atomic mass is 10.0. The Balaban J connectivity index is 1.66. The van der Waals surface area contributed by atoms with E-state index in [0.717, 1.165) is 11.1 Å². The molecule has 0 bridgehead atoms. The van der Waals surface area contributed by atoms with Crippen molar-refractivity contribution in [2.45, 2.75) is 36.0 Å². The molecule has 1 fully saturated rings. The van der Waals surface area contributed by atoms with Crippen molar-refractivity contribution in [2.75, 3.05) is 40.0 Å². The lowest BCUT2D eigenvalue weighted by Gasteiger charge is -2.26. The van der Waals surface area contributed by atoms with Crippen LogP contribution in [0.5, 0.6) is 5.75 Å². The molecule has 0 radical (unpaired) electrons. The first kappa shape index (κ1) is 24.7. The highest BCUT2D eigenvalue weighted by Gasteiger charge is 2.26. The maximum atomic E-state index is 12.9. The average Bonchev–Trinajstić information content (AvgIpc) is 2.79. The summed E-state index contributed by atoms with van der Waals surface area (Å²) in [5, 5.41) is 0. The second kappa shape index (κ2) is 10.3. The standard InChI is InChI=1S/C22H30N2O6S2/c1-17(2)19-6-9-21(29-3)22(16-19)31(25,26)23-11-10-18-4-7-20(8-5-18)32(27,28)24-12-14-30-15-13-24/h4-9,16-17,23H,10-15H2,1-3H3. The summed E-state index contributed by atoms with van der Waals surface area (Å²) in [7, 11) is -5.87. The van der Waals surface area contributed by atoms with E-state index in [1.165, 1.54) is 11.4 Å². The van der Waals surface area contributed by atoms with Gasteiger partial charge in [-0.3, -0.25) is 0 Å². The lowest BCUT2D eigenvalue weighted by Crippen LogP contribution is -2.40. The fourth-order valence-corrected chi connectivity index (χ4v) is 6.08. The van der Waals surface area contributed by atoms with E-state index in [4.69, 9.17) is 9.47 Å². The molecular formula is C22H30N2O6S2. The third kappa shape index (κ3) is 5.68. The Morgan fingerprint density at radius 3 is 2.28 bits per heavy atom. The van der Waals surface area contributed by atoms with Crippen LogP contribution in [0.2, 0.25) is 0 Å². The second-order valence-corrected chi connectivity index (χ2v) is 11.5. The highest BCUT2D eigenvalue weighted by atomic mass is 32.2. The fraction of sp³-hybridized carbons (Fsp3) is 0.455. The number of morpholine rings is 1. The molecule has 1 aliphatic heterocycles. The van der Waals surface area contributed by atoms with Crippen molar-refractivity contribution < 1.29 is 26.3 Å². The highest BCUT2D eigenvalue weighted by Crippen LogP contribution is 2.28. The van der Waals surface area contributed by atoms with Gasteiger partial charge in [-0.1, -0.05) is 32.0 Å². The molecule has 0 aliphatic carbocycles. The largest absolute Gasteiger partial charge is 0.495 e. The van der Waals surface area contributed by atoms with Crippen LogP contribution < -0.4 is 9.46 Å². The Labute approximate surface area is 190 Å². The Kier molecular flexibility index (Phi) is 7.94. The number of rotatable bonds is 9. The highest BCUT2D eigenvalue weighted by molar-refractivity contribution is 7.89. The van der Waals surface area contributed by atoms with Crippen LogP contribution in [0.3, 0.4) is 0 Å². The Morgan fingerprint density at radius 2 is 1.69 bits per heavy atom. The van der Waals surface area contributed by atoms with Gasteiger partial charge in [0, 0.05) is 19.6 Å². The van der Waals surface area contributed by atoms with Gasteiger partial charge in [-0.15, -0.1) is 0 Å². The van der Waals surface area contributed by atoms with E-state index in [2.05, 4.69) is 4.72 Å². The lowest BCUT2D eigenvalue weighted by molar-refractivity contribution is 0.0730. The molecule has 2 aromatic carbocycles. The van der Waals surface area contributed by atoms with Gasteiger partial charge in [-0.2, -0.15) is 4.31 Å². The van der Waals surface area contributed by atoms with Gasteiger partial charge < -0.3 is 9.47 Å². The Bertz CT molecular complexity index is 1120. The number of methoxy groups -OCH3 is 1. The van der Waals surface area contributed by atoms with Crippen LogP contribution in [0.25, 0.3) is 0 Å². The van der Waals surface area contributed by atoms with Crippen LogP contribution in [0.1, 0.15) is 30.9 Å². The predicted molar refractivity (Wildman–Crippen MR) is 122 cm³/mol. The molecule has 0 spiro atoms. The zero-order valence-electron chi connectivity index (χ0n) is 18.6. The minimum absolute atomic E-state index is 0.109. The normalized spacial score (nSPS) is 15.8. The summed E-state index contributed by atoms with van der Waals surface area (Å²) in [6.07, 6.45) is 0.420. The number of hydrogen-bond acceptors (Lipinski definition) is 6. The topological polar surface area (TPSA) is 102 Å². The van der Waals surface area contributed by atoms with Crippen molar-refractivity contribution in [3.8, 4) is 5.75 Å². The fourth-order valence-electron chi connectivity index (χ4n) is 3.43. The number of nitrogens with one attached hydrogen (secondary N) is 1. The summed E-state index contributed by atoms with van der Waals surface area (Å²) in [5.74, 6) is 0.474. The van der Waals surface area contributed by atoms with E-state index in [-0.39, 0.29) is 22.3 Å². The van der Waals surface area contributed by atoms with Gasteiger partial charge in [0.25, 0.3) is 0 Å². The van der Waals surface area contributed by atoms with Gasteiger partial charge in [0.05, 0.1) is 25.2 Å². The summed E-state index contributed by atoms with van der Waals surface area (Å²) in [6.45, 7) is 5.63. The first-order valence-electron chi connectivity index (χ1n) is 10.5. The monoisotopic (exact) mass is 482 g/mol. The van der Waals surface area contributed by atoms with Crippen molar-refractivity contribution >= 4 is 20.0 Å². The molecule has 8 nitrogen and oxygen atoms in total. The van der Waals surface area contributed by atoms with Crippen LogP contribution >= 0.6 is 0 Å². The van der Waals surface area contributed by atoms with Crippen molar-refractivity contribution in [2.24, 2.45) is 0 Å². The SMILES string of the molecule is COc1ccc(C(C)C)cc1S(=O)(=O)NCCc1ccc(S(=O)(=O)N2CCOCC2)cc1. The van der Waals surface area contributed by atoms with Crippen LogP contribution in [-0.2, 0) is 31.2 Å². The summed E-state index contributed by atoms with van der Waals surface area (Å²) in [6, 6.07) is 11.7. The van der Waals surface area contributed by atoms with E-state index in [0.29, 0.717) is 38.5 Å². The first-order valence-corrected chi connectivity index (χ1v) is 13.4. The van der Waals surface area contributed by atoms with Crippen LogP contribution in [0, 0.1) is 0 Å². The molecule has 3 rings (SSSR count). The van der Waals surface area contributed by atoms with Gasteiger partial charge in [-0.25, -0.2) is 21.6 Å². The number of ether oxygens (including phenoxy) is 2. The van der Waals surface area contributed by atoms with Crippen LogP contribution in [-0.4, -0.2) is 61.1 Å². The zero-order chi connectivity index (χ0) is 23.4. The molecule has 0 unspecified atom stereocenters. The van der Waals surface area contributed by atoms with Gasteiger partial charge in [0.1, 0.15) is 10.6 Å². The van der Waals surface area contributed by atoms with E-state index < -0.39 is 20.0 Å². The number of benzene rings is 2. The predicted octanol–water partition coefficient (Wildman–Crippen LogP) is 2.36. The Hall–Kier alpha value is -1.98. The van der Waals surface area contributed by atoms with Gasteiger partial charge >= 0.3 is 0 Å². The summed E-state index contributed by atoms with van der Waals surface area (Å²) >= 11 is 0. The molecule has 0 atom stereocenters. The molecule has 0 saturated carbocycles. The van der Waals surface area contributed by atoms with Gasteiger partial charge in [0.15, 0.2) is 0 Å². The summed E-state index contributed by atoms with van der Waals surface area (Å²) in [4.78, 5) is 0.331. The number of sulfonamides is 2. The quantitative estimate of drug-likeness (QED) is 0.589. The average molecular weight is 483 g/mol. The Morgan fingerprint density at radius 1 is 1.03 bits per heavy atom. The van der Waals surface area contributed by atoms with Crippen molar-refractivity contribution in [1.29, 1.82) is 0 Å². The molecule has 1 N–H and O–H groups in total. The minimum Gasteiger partial charge on any atom is -0.495 e. The molecule has 176 valence electrons. The second-order valence-electron chi connectivity index (χ2n) is 7.87. The molecule has 1 aliphatic rings. The molecule has 10 heteroatoms. The molecule has 0 amide bonds. The molecule has 2 aromatic rings. The third-order valence-corrected chi connectivity index (χ3v) is 8.78. The first-order chi connectivity index (χ1) is 15.1. The van der Waals surface area contributed by atoms with Crippen LogP contribution in [0.4, 0.5) is 0 Å². The smallest absolute Gasteiger partial charge is 0.244 e. The third-order valence-electron chi connectivity index (χ3n) is 5.38. The molecule has 1 saturated heterocycles. The van der Waals surface area contributed by atoms with Gasteiger partial charge in [0.2, 0.25) is 20.0 Å². The maximum absolute atomic E-state index is 12.9. The van der Waals surface area contributed by atoms with Gasteiger partial charge in [-0.05, 0) is 47.7 Å². The molecule has 32 heavy (non-hydrogen) atoms. The van der Waals surface area contributed by atoms with E-state index in [1.54, 1.807) is 36.4 Å². The van der Waals surface area contributed by atoms with E-state index in [9.17, 15) is 16.8 Å². The van der Waals surface area contributed by atoms with Crippen molar-refractivity contribution in [1.82, 2.24) is 9.03 Å². The molecule has 1 heterocycles. The zero-order valence-corrected chi connectivity index (χ0v) is 20.2. The van der Waals surface area contributed by atoms with Crippen molar-refractivity contribution in [3.63, 3.8) is 0 Å². The number of nitrogens with zero attached hydrogens (tertiary/aromatic N) is 1.